The van der Waals surface area contributed by atoms with Crippen LogP contribution in [-0.2, 0) is 7.05 Å². The van der Waals surface area contributed by atoms with Crippen molar-refractivity contribution in [1.82, 2.24) is 9.55 Å². The minimum absolute atomic E-state index is 0.000518. The van der Waals surface area contributed by atoms with Crippen molar-refractivity contribution in [3.05, 3.63) is 35.1 Å². The first-order valence-electron chi connectivity index (χ1n) is 5.13. The van der Waals surface area contributed by atoms with E-state index in [0.29, 0.717) is 16.6 Å². The monoisotopic (exact) mass is 266 g/mol. The van der Waals surface area contributed by atoms with Crippen LogP contribution in [0, 0.1) is 0 Å². The van der Waals surface area contributed by atoms with Crippen LogP contribution in [0.2, 0.25) is 5.02 Å². The second kappa shape index (κ2) is 4.70. The summed E-state index contributed by atoms with van der Waals surface area (Å²) < 4.78 is 6.70. The third-order valence-corrected chi connectivity index (χ3v) is 2.80. The fourth-order valence-corrected chi connectivity index (χ4v) is 1.90. The Labute approximate surface area is 109 Å². The number of halogens is 1. The average molecular weight is 267 g/mol. The number of aromatic nitrogens is 2. The number of aryl methyl sites for hydroxylation is 1. The largest absolute Gasteiger partial charge is 0.495 e. The van der Waals surface area contributed by atoms with Crippen LogP contribution in [0.5, 0.6) is 5.75 Å². The molecule has 1 N–H and O–H groups in total. The van der Waals surface area contributed by atoms with Crippen molar-refractivity contribution in [1.29, 1.82) is 0 Å². The lowest BCUT2D eigenvalue weighted by molar-refractivity contribution is 0.0691. The van der Waals surface area contributed by atoms with Crippen LogP contribution in [0.1, 0.15) is 10.5 Å². The van der Waals surface area contributed by atoms with E-state index in [1.54, 1.807) is 29.8 Å². The number of methoxy groups -OCH3 is 1. The average Bonchev–Trinajstić information content (AvgIpc) is 2.71. The van der Waals surface area contributed by atoms with Gasteiger partial charge < -0.3 is 14.4 Å². The summed E-state index contributed by atoms with van der Waals surface area (Å²) in [6.07, 6.45) is 1.45. The first kappa shape index (κ1) is 12.4. The van der Waals surface area contributed by atoms with E-state index in [2.05, 4.69) is 4.98 Å². The minimum atomic E-state index is -1.06. The minimum Gasteiger partial charge on any atom is -0.495 e. The Morgan fingerprint density at radius 1 is 1.50 bits per heavy atom. The van der Waals surface area contributed by atoms with Gasteiger partial charge in [-0.05, 0) is 18.2 Å². The van der Waals surface area contributed by atoms with Gasteiger partial charge in [-0.15, -0.1) is 0 Å². The maximum absolute atomic E-state index is 10.8. The Morgan fingerprint density at radius 3 is 2.72 bits per heavy atom. The fourth-order valence-electron chi connectivity index (χ4n) is 1.64. The van der Waals surface area contributed by atoms with Gasteiger partial charge in [-0.1, -0.05) is 11.6 Å². The van der Waals surface area contributed by atoms with E-state index < -0.39 is 5.97 Å². The van der Waals surface area contributed by atoms with Gasteiger partial charge in [-0.25, -0.2) is 9.78 Å². The lowest BCUT2D eigenvalue weighted by Crippen LogP contribution is -1.95. The molecule has 2 rings (SSSR count). The first-order chi connectivity index (χ1) is 8.52. The summed E-state index contributed by atoms with van der Waals surface area (Å²) >= 11 is 6.02. The molecule has 5 nitrogen and oxygen atoms in total. The number of imidazole rings is 1. The zero-order valence-electron chi connectivity index (χ0n) is 9.85. The highest BCUT2D eigenvalue weighted by Crippen LogP contribution is 2.29. The molecule has 1 aromatic carbocycles. The first-order valence-corrected chi connectivity index (χ1v) is 5.51. The molecule has 1 aromatic heterocycles. The van der Waals surface area contributed by atoms with Crippen molar-refractivity contribution < 1.29 is 14.6 Å². The van der Waals surface area contributed by atoms with Gasteiger partial charge in [-0.3, -0.25) is 0 Å². The van der Waals surface area contributed by atoms with Crippen molar-refractivity contribution in [2.45, 2.75) is 0 Å². The van der Waals surface area contributed by atoms with Crippen LogP contribution in [0.25, 0.3) is 11.4 Å². The summed E-state index contributed by atoms with van der Waals surface area (Å²) in [6, 6.07) is 5.18. The number of hydrogen-bond acceptors (Lipinski definition) is 3. The highest BCUT2D eigenvalue weighted by Gasteiger charge is 2.13. The molecule has 2 aromatic rings. The van der Waals surface area contributed by atoms with Gasteiger partial charge in [0.15, 0.2) is 5.69 Å². The van der Waals surface area contributed by atoms with Crippen molar-refractivity contribution in [2.24, 2.45) is 7.05 Å². The van der Waals surface area contributed by atoms with Gasteiger partial charge in [0.25, 0.3) is 0 Å². The van der Waals surface area contributed by atoms with Crippen LogP contribution in [0.3, 0.4) is 0 Å². The number of rotatable bonds is 3. The van der Waals surface area contributed by atoms with E-state index in [0.717, 1.165) is 5.56 Å². The topological polar surface area (TPSA) is 64.3 Å². The molecular formula is C12H11ClN2O3. The van der Waals surface area contributed by atoms with E-state index in [1.165, 1.54) is 13.3 Å². The summed E-state index contributed by atoms with van der Waals surface area (Å²) in [7, 11) is 3.26. The highest BCUT2D eigenvalue weighted by atomic mass is 35.5. The van der Waals surface area contributed by atoms with Crippen molar-refractivity contribution in [3.8, 4) is 17.1 Å². The van der Waals surface area contributed by atoms with Crippen LogP contribution >= 0.6 is 11.6 Å². The Hall–Kier alpha value is -2.01. The molecule has 0 radical (unpaired) electrons. The Balaban J connectivity index is 2.48. The Bertz CT molecular complexity index is 607. The second-order valence-corrected chi connectivity index (χ2v) is 4.12. The molecule has 6 heteroatoms. The van der Waals surface area contributed by atoms with Gasteiger partial charge in [0.1, 0.15) is 11.6 Å². The standard InChI is InChI=1S/C12H11ClN2O3/c1-15-6-9(12(16)17)14-11(15)7-3-4-10(18-2)8(13)5-7/h3-6H,1-2H3,(H,16,17). The molecule has 18 heavy (non-hydrogen) atoms. The number of carbonyl (C=O) groups is 1. The maximum Gasteiger partial charge on any atom is 0.356 e. The van der Waals surface area contributed by atoms with Gasteiger partial charge in [0.2, 0.25) is 0 Å². The van der Waals surface area contributed by atoms with E-state index in [-0.39, 0.29) is 5.69 Å². The molecule has 0 unspecified atom stereocenters. The third-order valence-electron chi connectivity index (χ3n) is 2.51. The van der Waals surface area contributed by atoms with Crippen LogP contribution in [-0.4, -0.2) is 27.7 Å². The van der Waals surface area contributed by atoms with E-state index in [1.807, 2.05) is 0 Å². The number of nitrogens with zero attached hydrogens (tertiary/aromatic N) is 2. The second-order valence-electron chi connectivity index (χ2n) is 3.72. The molecule has 0 aliphatic carbocycles. The van der Waals surface area contributed by atoms with Crippen molar-refractivity contribution >= 4 is 17.6 Å². The molecule has 0 fully saturated rings. The predicted octanol–water partition coefficient (Wildman–Crippen LogP) is 2.45. The highest BCUT2D eigenvalue weighted by molar-refractivity contribution is 6.32. The summed E-state index contributed by atoms with van der Waals surface area (Å²) in [6.45, 7) is 0. The lowest BCUT2D eigenvalue weighted by atomic mass is 10.2. The molecular weight excluding hydrogens is 256 g/mol. The van der Waals surface area contributed by atoms with E-state index in [9.17, 15) is 4.79 Å². The normalized spacial score (nSPS) is 10.4. The number of hydrogen-bond donors (Lipinski definition) is 1. The molecule has 0 saturated heterocycles. The number of carboxylic acids is 1. The van der Waals surface area contributed by atoms with Gasteiger partial charge >= 0.3 is 5.97 Å². The van der Waals surface area contributed by atoms with Crippen LogP contribution in [0.15, 0.2) is 24.4 Å². The summed E-state index contributed by atoms with van der Waals surface area (Å²) in [5, 5.41) is 9.34. The summed E-state index contributed by atoms with van der Waals surface area (Å²) in [4.78, 5) is 14.9. The fraction of sp³-hybridized carbons (Fsp3) is 0.167. The van der Waals surface area contributed by atoms with Crippen molar-refractivity contribution in [3.63, 3.8) is 0 Å². The number of carboxylic acid groups (broad SMARTS) is 1. The molecule has 0 saturated carbocycles. The molecule has 0 amide bonds. The van der Waals surface area contributed by atoms with Crippen molar-refractivity contribution in [2.75, 3.05) is 7.11 Å². The zero-order chi connectivity index (χ0) is 13.3. The molecule has 0 spiro atoms. The van der Waals surface area contributed by atoms with Crippen LogP contribution in [0.4, 0.5) is 0 Å². The smallest absolute Gasteiger partial charge is 0.356 e. The van der Waals surface area contributed by atoms with Gasteiger partial charge in [0, 0.05) is 18.8 Å². The maximum atomic E-state index is 10.8. The molecule has 0 bridgehead atoms. The summed E-state index contributed by atoms with van der Waals surface area (Å²) in [5.41, 5.74) is 0.732. The molecule has 1 heterocycles. The van der Waals surface area contributed by atoms with E-state index >= 15 is 0 Å². The number of ether oxygens (including phenoxy) is 1. The van der Waals surface area contributed by atoms with Gasteiger partial charge in [-0.2, -0.15) is 0 Å². The Morgan fingerprint density at radius 2 is 2.22 bits per heavy atom. The predicted molar refractivity (Wildman–Crippen MR) is 67.2 cm³/mol. The lowest BCUT2D eigenvalue weighted by Gasteiger charge is -2.05. The SMILES string of the molecule is COc1ccc(-c2nc(C(=O)O)cn2C)cc1Cl. The summed E-state index contributed by atoms with van der Waals surface area (Å²) in [5.74, 6) is 0.0431. The Kier molecular flexibility index (Phi) is 3.25. The third kappa shape index (κ3) is 2.17. The number of benzene rings is 1. The van der Waals surface area contributed by atoms with E-state index in [4.69, 9.17) is 21.4 Å². The van der Waals surface area contributed by atoms with Crippen LogP contribution < -0.4 is 4.74 Å². The van der Waals surface area contributed by atoms with Gasteiger partial charge in [0.05, 0.1) is 12.1 Å². The molecule has 0 aliphatic rings. The zero-order valence-corrected chi connectivity index (χ0v) is 10.6. The molecule has 94 valence electrons. The number of aromatic carboxylic acids is 1. The molecule has 0 aliphatic heterocycles. The molecule has 0 atom stereocenters. The quantitative estimate of drug-likeness (QED) is 0.927.